The zero-order valence-electron chi connectivity index (χ0n) is 24.0. The third-order valence-electron chi connectivity index (χ3n) is 10.2. The number of carbonyl (C=O) groups excluding carboxylic acids is 3. The lowest BCUT2D eigenvalue weighted by molar-refractivity contribution is -0.145. The van der Waals surface area contributed by atoms with Gasteiger partial charge in [0.2, 0.25) is 11.8 Å². The minimum absolute atomic E-state index is 0.0200. The van der Waals surface area contributed by atoms with Crippen molar-refractivity contribution in [3.63, 3.8) is 0 Å². The van der Waals surface area contributed by atoms with Crippen LogP contribution in [0.25, 0.3) is 0 Å². The Morgan fingerprint density at radius 2 is 1.85 bits per heavy atom. The van der Waals surface area contributed by atoms with Gasteiger partial charge in [0.05, 0.1) is 25.7 Å². The van der Waals surface area contributed by atoms with Crippen LogP contribution in [0.4, 0.5) is 0 Å². The molecule has 222 valence electrons. The summed E-state index contributed by atoms with van der Waals surface area (Å²) in [6.07, 6.45) is 8.79. The van der Waals surface area contributed by atoms with Crippen molar-refractivity contribution in [1.29, 1.82) is 0 Å². The Kier molecular flexibility index (Phi) is 7.61. The molecule has 4 atom stereocenters. The van der Waals surface area contributed by atoms with Crippen LogP contribution < -0.4 is 14.8 Å². The minimum Gasteiger partial charge on any atom is -0.493 e. The van der Waals surface area contributed by atoms with Crippen molar-refractivity contribution in [2.75, 3.05) is 26.8 Å². The van der Waals surface area contributed by atoms with Gasteiger partial charge in [0.25, 0.3) is 0 Å². The van der Waals surface area contributed by atoms with Crippen molar-refractivity contribution in [3.05, 3.63) is 34.9 Å². The largest absolute Gasteiger partial charge is 0.493 e. The highest BCUT2D eigenvalue weighted by molar-refractivity contribution is 5.96. The predicted molar refractivity (Wildman–Crippen MR) is 151 cm³/mol. The summed E-state index contributed by atoms with van der Waals surface area (Å²) in [7, 11) is 1.48. The molecule has 4 saturated carbocycles. The minimum atomic E-state index is -1.10. The molecule has 1 heterocycles. The number of nitrogens with zero attached hydrogens (tertiary/aromatic N) is 1. The number of aliphatic hydroxyl groups is 2. The summed E-state index contributed by atoms with van der Waals surface area (Å²) < 4.78 is 11.9. The standard InChI is InChI=1S/C32H42N2O7/c1-3-4-26(37)34(17-32-13-18-7-19(14-32)9-20(8-18)15-32)24-12-23(31(39)33-5-6-35)27-22-10-21(16-36)11-25(40-2)29(22)41-30(27)28(24)38/h10-12,16,18-20,24,27-28,30,35,38H,3-9,13-15,17H2,1-2H3,(H,33,39)/t18?,19?,20?,24-,27+,28+,30+,32?/m1/s1. The number of methoxy groups -OCH3 is 1. The Balaban J connectivity index is 1.40. The van der Waals surface area contributed by atoms with Gasteiger partial charge in [-0.05, 0) is 86.3 Å². The van der Waals surface area contributed by atoms with Crippen LogP contribution in [0.2, 0.25) is 0 Å². The van der Waals surface area contributed by atoms with Crippen LogP contribution in [-0.2, 0) is 9.59 Å². The summed E-state index contributed by atoms with van der Waals surface area (Å²) in [5, 5.41) is 24.1. The smallest absolute Gasteiger partial charge is 0.247 e. The van der Waals surface area contributed by atoms with E-state index in [0.717, 1.165) is 19.3 Å². The van der Waals surface area contributed by atoms with E-state index in [1.54, 1.807) is 18.2 Å². The van der Waals surface area contributed by atoms with Crippen LogP contribution in [0.15, 0.2) is 23.8 Å². The van der Waals surface area contributed by atoms with Gasteiger partial charge in [0, 0.05) is 36.2 Å². The van der Waals surface area contributed by atoms with Crippen molar-refractivity contribution < 1.29 is 34.1 Å². The molecule has 3 N–H and O–H groups in total. The molecule has 0 spiro atoms. The molecule has 2 amide bonds. The number of carbonyl (C=O) groups is 3. The quantitative estimate of drug-likeness (QED) is 0.372. The molecule has 5 aliphatic carbocycles. The fraction of sp³-hybridized carbons (Fsp3) is 0.656. The number of rotatable bonds is 10. The molecule has 0 radical (unpaired) electrons. The first-order valence-electron chi connectivity index (χ1n) is 15.2. The second-order valence-electron chi connectivity index (χ2n) is 13.1. The van der Waals surface area contributed by atoms with Crippen molar-refractivity contribution >= 4 is 18.1 Å². The molecule has 41 heavy (non-hydrogen) atoms. The number of nitrogens with one attached hydrogen (secondary N) is 1. The molecule has 1 aromatic carbocycles. The van der Waals surface area contributed by atoms with Crippen molar-refractivity contribution in [1.82, 2.24) is 10.2 Å². The number of hydrogen-bond acceptors (Lipinski definition) is 7. The molecule has 6 aliphatic rings. The summed E-state index contributed by atoms with van der Waals surface area (Å²) in [6, 6.07) is 2.50. The van der Waals surface area contributed by atoms with Crippen LogP contribution >= 0.6 is 0 Å². The average Bonchev–Trinajstić information content (AvgIpc) is 3.34. The molecular weight excluding hydrogens is 524 g/mol. The Bertz CT molecular complexity index is 1210. The predicted octanol–water partition coefficient (Wildman–Crippen LogP) is 2.98. The zero-order chi connectivity index (χ0) is 28.9. The summed E-state index contributed by atoms with van der Waals surface area (Å²) in [4.78, 5) is 40.9. The number of fused-ring (bicyclic) bond motifs is 3. The number of aldehydes is 1. The Morgan fingerprint density at radius 1 is 1.17 bits per heavy atom. The van der Waals surface area contributed by atoms with Crippen molar-refractivity contribution in [3.8, 4) is 11.5 Å². The van der Waals surface area contributed by atoms with Gasteiger partial charge in [-0.2, -0.15) is 0 Å². The summed E-state index contributed by atoms with van der Waals surface area (Å²) in [5.74, 6) is 1.81. The molecule has 1 aromatic rings. The van der Waals surface area contributed by atoms with E-state index in [-0.39, 0.29) is 24.5 Å². The van der Waals surface area contributed by atoms with Crippen LogP contribution in [0.3, 0.4) is 0 Å². The Labute approximate surface area is 241 Å². The fourth-order valence-corrected chi connectivity index (χ4v) is 9.12. The first-order valence-corrected chi connectivity index (χ1v) is 15.2. The average molecular weight is 567 g/mol. The summed E-state index contributed by atoms with van der Waals surface area (Å²) in [6.45, 7) is 2.40. The molecule has 0 unspecified atom stereocenters. The van der Waals surface area contributed by atoms with Gasteiger partial charge in [-0.15, -0.1) is 0 Å². The van der Waals surface area contributed by atoms with E-state index < -0.39 is 30.1 Å². The van der Waals surface area contributed by atoms with E-state index in [4.69, 9.17) is 9.47 Å². The maximum absolute atomic E-state index is 13.8. The molecule has 1 aliphatic heterocycles. The maximum atomic E-state index is 13.8. The molecule has 4 fully saturated rings. The second-order valence-corrected chi connectivity index (χ2v) is 13.1. The summed E-state index contributed by atoms with van der Waals surface area (Å²) >= 11 is 0. The van der Waals surface area contributed by atoms with Gasteiger partial charge in [0.15, 0.2) is 11.5 Å². The zero-order valence-corrected chi connectivity index (χ0v) is 24.0. The lowest BCUT2D eigenvalue weighted by Gasteiger charge is -2.58. The number of ether oxygens (including phenoxy) is 2. The molecule has 9 heteroatoms. The third kappa shape index (κ3) is 4.95. The van der Waals surface area contributed by atoms with Gasteiger partial charge in [0.1, 0.15) is 18.5 Å². The number of aliphatic hydroxyl groups excluding tert-OH is 2. The van der Waals surface area contributed by atoms with Gasteiger partial charge in [-0.1, -0.05) is 6.92 Å². The number of amides is 2. The topological polar surface area (TPSA) is 125 Å². The number of hydrogen-bond donors (Lipinski definition) is 3. The van der Waals surface area contributed by atoms with E-state index in [9.17, 15) is 24.6 Å². The molecule has 9 nitrogen and oxygen atoms in total. The molecule has 7 rings (SSSR count). The van der Waals surface area contributed by atoms with Gasteiger partial charge >= 0.3 is 0 Å². The molecular formula is C32H42N2O7. The van der Waals surface area contributed by atoms with Crippen LogP contribution in [0, 0.1) is 23.2 Å². The lowest BCUT2D eigenvalue weighted by atomic mass is 9.49. The third-order valence-corrected chi connectivity index (χ3v) is 10.2. The fourth-order valence-electron chi connectivity index (χ4n) is 9.12. The van der Waals surface area contributed by atoms with E-state index in [1.165, 1.54) is 26.4 Å². The van der Waals surface area contributed by atoms with Crippen molar-refractivity contribution in [2.24, 2.45) is 23.2 Å². The van der Waals surface area contributed by atoms with E-state index in [1.807, 2.05) is 11.8 Å². The van der Waals surface area contributed by atoms with Crippen LogP contribution in [0.5, 0.6) is 11.5 Å². The Hall–Kier alpha value is -2.91. The second kappa shape index (κ2) is 11.1. The number of benzene rings is 1. The van der Waals surface area contributed by atoms with Gasteiger partial charge < -0.3 is 29.9 Å². The van der Waals surface area contributed by atoms with Gasteiger partial charge in [-0.25, -0.2) is 0 Å². The van der Waals surface area contributed by atoms with Crippen LogP contribution in [0.1, 0.15) is 80.1 Å². The maximum Gasteiger partial charge on any atom is 0.247 e. The summed E-state index contributed by atoms with van der Waals surface area (Å²) in [5.41, 5.74) is 1.37. The molecule has 0 saturated heterocycles. The highest BCUT2D eigenvalue weighted by Crippen LogP contribution is 2.60. The van der Waals surface area contributed by atoms with Crippen LogP contribution in [-0.4, -0.2) is 78.3 Å². The SMILES string of the molecule is CCCC(=O)N(CC12CC3CC(CC(C3)C1)C2)[C@@H]1C=C(C(=O)NCCO)[C@@H]2c3cc(C=O)cc(OC)c3O[C@@H]2[C@H]1O. The first kappa shape index (κ1) is 28.2. The molecule has 4 bridgehead atoms. The highest BCUT2D eigenvalue weighted by atomic mass is 16.5. The Morgan fingerprint density at radius 3 is 2.44 bits per heavy atom. The first-order chi connectivity index (χ1) is 19.8. The molecule has 0 aromatic heterocycles. The normalized spacial score (nSPS) is 34.2. The van der Waals surface area contributed by atoms with E-state index >= 15 is 0 Å². The lowest BCUT2D eigenvalue weighted by Crippen LogP contribution is -2.59. The monoisotopic (exact) mass is 566 g/mol. The van der Waals surface area contributed by atoms with E-state index in [0.29, 0.717) is 71.6 Å². The van der Waals surface area contributed by atoms with E-state index in [2.05, 4.69) is 5.32 Å². The van der Waals surface area contributed by atoms with Crippen molar-refractivity contribution in [2.45, 2.75) is 82.5 Å². The highest BCUT2D eigenvalue weighted by Gasteiger charge is 2.55. The van der Waals surface area contributed by atoms with Gasteiger partial charge in [-0.3, -0.25) is 14.4 Å².